The van der Waals surface area contributed by atoms with Crippen LogP contribution in [0.2, 0.25) is 0 Å². The lowest BCUT2D eigenvalue weighted by Gasteiger charge is -2.09. The molecule has 1 aromatic carbocycles. The van der Waals surface area contributed by atoms with Crippen molar-refractivity contribution in [1.29, 1.82) is 0 Å². The molecule has 0 radical (unpaired) electrons. The van der Waals surface area contributed by atoms with E-state index in [2.05, 4.69) is 4.98 Å². The molecule has 1 aromatic heterocycles. The molecule has 0 fully saturated rings. The van der Waals surface area contributed by atoms with Crippen molar-refractivity contribution in [3.63, 3.8) is 0 Å². The summed E-state index contributed by atoms with van der Waals surface area (Å²) in [5.41, 5.74) is 0.836. The molecule has 3 nitrogen and oxygen atoms in total. The predicted octanol–water partition coefficient (Wildman–Crippen LogP) is 2.42. The Balaban J connectivity index is 2.65. The molecule has 15 heavy (non-hydrogen) atoms. The Kier molecular flexibility index (Phi) is 2.37. The molecule has 0 saturated carbocycles. The molecule has 0 bridgehead atoms. The maximum Gasteiger partial charge on any atom is 0.310 e. The second kappa shape index (κ2) is 3.69. The Morgan fingerprint density at radius 2 is 2.20 bits per heavy atom. The average Bonchev–Trinajstić information content (AvgIpc) is 2.27. The molecule has 0 aliphatic heterocycles. The lowest BCUT2D eigenvalue weighted by atomic mass is 9.96. The van der Waals surface area contributed by atoms with Gasteiger partial charge in [0.15, 0.2) is 0 Å². The number of carboxylic acids is 1. The van der Waals surface area contributed by atoms with E-state index in [0.717, 1.165) is 16.3 Å². The number of rotatable bonds is 2. The van der Waals surface area contributed by atoms with Gasteiger partial charge in [0.2, 0.25) is 0 Å². The first-order valence-electron chi connectivity index (χ1n) is 4.75. The smallest absolute Gasteiger partial charge is 0.310 e. The lowest BCUT2D eigenvalue weighted by molar-refractivity contribution is -0.138. The number of nitrogens with zero attached hydrogens (tertiary/aromatic N) is 1. The fourth-order valence-corrected chi connectivity index (χ4v) is 1.66. The van der Waals surface area contributed by atoms with Gasteiger partial charge in [0.25, 0.3) is 0 Å². The molecule has 1 N–H and O–H groups in total. The molecule has 0 unspecified atom stereocenters. The molecule has 1 atom stereocenters. The highest BCUT2D eigenvalue weighted by molar-refractivity contribution is 5.89. The van der Waals surface area contributed by atoms with E-state index in [4.69, 9.17) is 5.11 Å². The van der Waals surface area contributed by atoms with Gasteiger partial charge in [0.1, 0.15) is 0 Å². The zero-order valence-electron chi connectivity index (χ0n) is 8.34. The Hall–Kier alpha value is -1.90. The third-order valence-electron chi connectivity index (χ3n) is 2.55. The van der Waals surface area contributed by atoms with E-state index in [0.29, 0.717) is 0 Å². The van der Waals surface area contributed by atoms with E-state index >= 15 is 0 Å². The predicted molar refractivity (Wildman–Crippen MR) is 57.8 cm³/mol. The third-order valence-corrected chi connectivity index (χ3v) is 2.55. The molecule has 76 valence electrons. The van der Waals surface area contributed by atoms with Gasteiger partial charge in [0, 0.05) is 17.8 Å². The first-order chi connectivity index (χ1) is 7.20. The van der Waals surface area contributed by atoms with Crippen molar-refractivity contribution in [2.75, 3.05) is 0 Å². The summed E-state index contributed by atoms with van der Waals surface area (Å²) in [7, 11) is 0. The number of hydrogen-bond acceptors (Lipinski definition) is 2. The van der Waals surface area contributed by atoms with E-state index in [9.17, 15) is 4.79 Å². The van der Waals surface area contributed by atoms with Gasteiger partial charge in [-0.15, -0.1) is 0 Å². The molecule has 0 aliphatic rings. The quantitative estimate of drug-likeness (QED) is 0.811. The minimum absolute atomic E-state index is 0.490. The summed E-state index contributed by atoms with van der Waals surface area (Å²) in [6.45, 7) is 1.69. The second-order valence-corrected chi connectivity index (χ2v) is 3.50. The zero-order valence-corrected chi connectivity index (χ0v) is 8.34. The van der Waals surface area contributed by atoms with E-state index in [1.165, 1.54) is 0 Å². The fraction of sp³-hybridized carbons (Fsp3) is 0.167. The molecule has 0 aliphatic carbocycles. The maximum atomic E-state index is 10.9. The second-order valence-electron chi connectivity index (χ2n) is 3.50. The lowest BCUT2D eigenvalue weighted by Crippen LogP contribution is -2.07. The molecular weight excluding hydrogens is 190 g/mol. The van der Waals surface area contributed by atoms with Gasteiger partial charge < -0.3 is 5.11 Å². The summed E-state index contributed by atoms with van der Waals surface area (Å²) in [5, 5.41) is 10.9. The van der Waals surface area contributed by atoms with Crippen LogP contribution >= 0.6 is 0 Å². The molecule has 0 spiro atoms. The van der Waals surface area contributed by atoms with Gasteiger partial charge in [-0.2, -0.15) is 0 Å². The van der Waals surface area contributed by atoms with Gasteiger partial charge in [-0.05, 0) is 23.9 Å². The summed E-state index contributed by atoms with van der Waals surface area (Å²) in [6, 6.07) is 7.49. The first-order valence-corrected chi connectivity index (χ1v) is 4.75. The van der Waals surface area contributed by atoms with Gasteiger partial charge in [-0.25, -0.2) is 0 Å². The number of fused-ring (bicyclic) bond motifs is 1. The SMILES string of the molecule is C[C@@H](C(=O)O)c1cccc2cnccc12. The maximum absolute atomic E-state index is 10.9. The van der Waals surface area contributed by atoms with Crippen molar-refractivity contribution in [2.45, 2.75) is 12.8 Å². The molecular formula is C12H11NO2. The van der Waals surface area contributed by atoms with Crippen molar-refractivity contribution in [2.24, 2.45) is 0 Å². The number of benzene rings is 1. The van der Waals surface area contributed by atoms with Crippen LogP contribution in [0.1, 0.15) is 18.4 Å². The number of hydrogen-bond donors (Lipinski definition) is 1. The van der Waals surface area contributed by atoms with Crippen LogP contribution in [0.4, 0.5) is 0 Å². The van der Waals surface area contributed by atoms with Crippen LogP contribution in [0.15, 0.2) is 36.7 Å². The Bertz CT molecular complexity index is 502. The van der Waals surface area contributed by atoms with Crippen molar-refractivity contribution >= 4 is 16.7 Å². The van der Waals surface area contributed by atoms with Gasteiger partial charge in [-0.1, -0.05) is 18.2 Å². The molecule has 2 rings (SSSR count). The largest absolute Gasteiger partial charge is 0.481 e. The average molecular weight is 201 g/mol. The standard InChI is InChI=1S/C12H11NO2/c1-8(12(14)15)10-4-2-3-9-7-13-6-5-11(9)10/h2-8H,1H3,(H,14,15)/t8-/m1/s1. The highest BCUT2D eigenvalue weighted by Gasteiger charge is 2.15. The van der Waals surface area contributed by atoms with Crippen LogP contribution in [0.3, 0.4) is 0 Å². The summed E-state index contributed by atoms with van der Waals surface area (Å²) in [4.78, 5) is 14.9. The number of aromatic nitrogens is 1. The van der Waals surface area contributed by atoms with Gasteiger partial charge in [0.05, 0.1) is 5.92 Å². The summed E-state index contributed by atoms with van der Waals surface area (Å²) >= 11 is 0. The third kappa shape index (κ3) is 1.68. The van der Waals surface area contributed by atoms with Crippen LogP contribution in [-0.4, -0.2) is 16.1 Å². The minimum Gasteiger partial charge on any atom is -0.481 e. The molecule has 0 saturated heterocycles. The zero-order chi connectivity index (χ0) is 10.8. The van der Waals surface area contributed by atoms with Gasteiger partial charge in [-0.3, -0.25) is 9.78 Å². The van der Waals surface area contributed by atoms with E-state index in [1.807, 2.05) is 24.3 Å². The number of carboxylic acid groups (broad SMARTS) is 1. The minimum atomic E-state index is -0.806. The van der Waals surface area contributed by atoms with Crippen LogP contribution in [0, 0.1) is 0 Å². The Labute approximate surface area is 87.4 Å². The van der Waals surface area contributed by atoms with Crippen molar-refractivity contribution < 1.29 is 9.90 Å². The Morgan fingerprint density at radius 1 is 1.40 bits per heavy atom. The van der Waals surface area contributed by atoms with Crippen molar-refractivity contribution in [3.8, 4) is 0 Å². The molecule has 1 heterocycles. The Morgan fingerprint density at radius 3 is 2.93 bits per heavy atom. The summed E-state index contributed by atoms with van der Waals surface area (Å²) in [6.07, 6.45) is 3.42. The molecule has 2 aromatic rings. The van der Waals surface area contributed by atoms with E-state index in [1.54, 1.807) is 19.3 Å². The summed E-state index contributed by atoms with van der Waals surface area (Å²) in [5.74, 6) is -1.30. The number of pyridine rings is 1. The van der Waals surface area contributed by atoms with E-state index in [-0.39, 0.29) is 0 Å². The summed E-state index contributed by atoms with van der Waals surface area (Å²) < 4.78 is 0. The first kappa shape index (κ1) is 9.65. The normalized spacial score (nSPS) is 12.6. The van der Waals surface area contributed by atoms with Crippen LogP contribution in [0.25, 0.3) is 10.8 Å². The van der Waals surface area contributed by atoms with Crippen LogP contribution in [-0.2, 0) is 4.79 Å². The topological polar surface area (TPSA) is 50.2 Å². The monoisotopic (exact) mass is 201 g/mol. The number of carbonyl (C=O) groups is 1. The fourth-order valence-electron chi connectivity index (χ4n) is 1.66. The van der Waals surface area contributed by atoms with Crippen molar-refractivity contribution in [3.05, 3.63) is 42.2 Å². The van der Waals surface area contributed by atoms with Gasteiger partial charge >= 0.3 is 5.97 Å². The molecule has 3 heteroatoms. The van der Waals surface area contributed by atoms with Crippen molar-refractivity contribution in [1.82, 2.24) is 4.98 Å². The van der Waals surface area contributed by atoms with E-state index < -0.39 is 11.9 Å². The highest BCUT2D eigenvalue weighted by atomic mass is 16.4. The van der Waals surface area contributed by atoms with Crippen LogP contribution in [0.5, 0.6) is 0 Å². The highest BCUT2D eigenvalue weighted by Crippen LogP contribution is 2.24. The van der Waals surface area contributed by atoms with Crippen LogP contribution < -0.4 is 0 Å². The molecule has 0 amide bonds. The number of aliphatic carboxylic acids is 1.